The lowest BCUT2D eigenvalue weighted by atomic mass is 10.1. The topological polar surface area (TPSA) is 54.7 Å². The van der Waals surface area contributed by atoms with Gasteiger partial charge in [0.05, 0.1) is 24.9 Å². The summed E-state index contributed by atoms with van der Waals surface area (Å²) in [6.45, 7) is 5.65. The highest BCUT2D eigenvalue weighted by Crippen LogP contribution is 2.33. The largest absolute Gasteiger partial charge is 0.492 e. The number of nitrogens with zero attached hydrogens (tertiary/aromatic N) is 1. The predicted molar refractivity (Wildman–Crippen MR) is 114 cm³/mol. The Bertz CT molecular complexity index is 995. The minimum absolute atomic E-state index is 0.137. The van der Waals surface area contributed by atoms with E-state index in [0.29, 0.717) is 37.1 Å². The van der Waals surface area contributed by atoms with E-state index in [2.05, 4.69) is 35.3 Å². The molecule has 2 heterocycles. The van der Waals surface area contributed by atoms with E-state index in [9.17, 15) is 4.79 Å². The van der Waals surface area contributed by atoms with Crippen molar-refractivity contribution in [3.05, 3.63) is 83.3 Å². The summed E-state index contributed by atoms with van der Waals surface area (Å²) in [5.74, 6) is 1.36. The van der Waals surface area contributed by atoms with Gasteiger partial charge in [0.25, 0.3) is 5.91 Å². The van der Waals surface area contributed by atoms with Gasteiger partial charge in [-0.25, -0.2) is 0 Å². The molecule has 5 nitrogen and oxygen atoms in total. The second kappa shape index (κ2) is 8.43. The molecule has 0 bridgehead atoms. The zero-order chi connectivity index (χ0) is 20.2. The summed E-state index contributed by atoms with van der Waals surface area (Å²) >= 11 is 0. The Morgan fingerprint density at radius 2 is 2.07 bits per heavy atom. The molecule has 1 atom stereocenters. The maximum Gasteiger partial charge on any atom is 0.255 e. The van der Waals surface area contributed by atoms with Gasteiger partial charge in [0.1, 0.15) is 18.1 Å². The first-order chi connectivity index (χ1) is 14.1. The Morgan fingerprint density at radius 1 is 1.21 bits per heavy atom. The van der Waals surface area contributed by atoms with Crippen molar-refractivity contribution in [2.75, 3.05) is 18.1 Å². The van der Waals surface area contributed by atoms with Crippen LogP contribution in [0, 0.1) is 6.92 Å². The molecular weight excluding hydrogens is 364 g/mol. The zero-order valence-corrected chi connectivity index (χ0v) is 16.9. The number of amides is 1. The molecule has 1 N–H and O–H groups in total. The molecule has 150 valence electrons. The molecule has 1 amide bonds. The highest BCUT2D eigenvalue weighted by Gasteiger charge is 2.27. The Hall–Kier alpha value is -3.21. The number of fused-ring (bicyclic) bond motifs is 1. The van der Waals surface area contributed by atoms with E-state index in [4.69, 9.17) is 9.15 Å². The van der Waals surface area contributed by atoms with Crippen molar-refractivity contribution in [1.29, 1.82) is 0 Å². The smallest absolute Gasteiger partial charge is 0.255 e. The van der Waals surface area contributed by atoms with E-state index in [1.807, 2.05) is 37.3 Å². The Balaban J connectivity index is 1.34. The van der Waals surface area contributed by atoms with Gasteiger partial charge in [0, 0.05) is 11.7 Å². The number of hydrogen-bond acceptors (Lipinski definition) is 4. The number of aryl methyl sites for hydroxylation is 1. The average molecular weight is 390 g/mol. The van der Waals surface area contributed by atoms with Crippen molar-refractivity contribution in [3.8, 4) is 5.75 Å². The molecule has 1 unspecified atom stereocenters. The van der Waals surface area contributed by atoms with Gasteiger partial charge in [-0.05, 0) is 55.7 Å². The average Bonchev–Trinajstić information content (AvgIpc) is 3.30. The van der Waals surface area contributed by atoms with E-state index < -0.39 is 0 Å². The lowest BCUT2D eigenvalue weighted by Crippen LogP contribution is -2.31. The summed E-state index contributed by atoms with van der Waals surface area (Å²) in [5, 5.41) is 2.92. The number of carbonyl (C=O) groups excluding carboxylic acids is 1. The lowest BCUT2D eigenvalue weighted by molar-refractivity contribution is 0.0945. The van der Waals surface area contributed by atoms with Gasteiger partial charge < -0.3 is 19.4 Å². The van der Waals surface area contributed by atoms with Crippen molar-refractivity contribution >= 4 is 11.6 Å². The van der Waals surface area contributed by atoms with Crippen LogP contribution in [0.25, 0.3) is 0 Å². The van der Waals surface area contributed by atoms with Crippen LogP contribution in [0.2, 0.25) is 0 Å². The number of para-hydroxylation sites is 1. The van der Waals surface area contributed by atoms with Crippen LogP contribution in [0.3, 0.4) is 0 Å². The fraction of sp³-hybridized carbons (Fsp3) is 0.292. The van der Waals surface area contributed by atoms with E-state index in [0.717, 1.165) is 17.7 Å². The third-order valence-corrected chi connectivity index (χ3v) is 5.30. The molecule has 0 aliphatic carbocycles. The van der Waals surface area contributed by atoms with Crippen LogP contribution >= 0.6 is 0 Å². The molecule has 0 saturated carbocycles. The standard InChI is InChI=1S/C24H26N2O3/c1-17-6-5-8-20(14-17)28-13-11-25-24(27)21-10-12-29-23(21)16-26-18(2)15-19-7-3-4-9-22(19)26/h3-10,12,14,18H,11,13,15-16H2,1-2H3,(H,25,27). The predicted octanol–water partition coefficient (Wildman–Crippen LogP) is 4.35. The molecular formula is C24H26N2O3. The highest BCUT2D eigenvalue weighted by atomic mass is 16.5. The molecule has 0 fully saturated rings. The second-order valence-corrected chi connectivity index (χ2v) is 7.49. The molecule has 5 heteroatoms. The van der Waals surface area contributed by atoms with E-state index in [-0.39, 0.29) is 5.91 Å². The third kappa shape index (κ3) is 4.29. The number of nitrogens with one attached hydrogen (secondary N) is 1. The van der Waals surface area contributed by atoms with Crippen molar-refractivity contribution in [2.24, 2.45) is 0 Å². The van der Waals surface area contributed by atoms with Gasteiger partial charge in [0.15, 0.2) is 0 Å². The van der Waals surface area contributed by atoms with Crippen LogP contribution in [0.15, 0.2) is 65.3 Å². The molecule has 0 radical (unpaired) electrons. The monoisotopic (exact) mass is 390 g/mol. The van der Waals surface area contributed by atoms with Crippen LogP contribution in [0.5, 0.6) is 5.75 Å². The van der Waals surface area contributed by atoms with Crippen LogP contribution < -0.4 is 15.0 Å². The number of anilines is 1. The van der Waals surface area contributed by atoms with Gasteiger partial charge in [-0.3, -0.25) is 4.79 Å². The van der Waals surface area contributed by atoms with E-state index >= 15 is 0 Å². The summed E-state index contributed by atoms with van der Waals surface area (Å²) < 4.78 is 11.4. The minimum Gasteiger partial charge on any atom is -0.492 e. The molecule has 3 aromatic rings. The molecule has 29 heavy (non-hydrogen) atoms. The number of rotatable bonds is 7. The van der Waals surface area contributed by atoms with Gasteiger partial charge >= 0.3 is 0 Å². The normalized spacial score (nSPS) is 15.2. The summed E-state index contributed by atoms with van der Waals surface area (Å²) in [7, 11) is 0. The summed E-state index contributed by atoms with van der Waals surface area (Å²) in [6.07, 6.45) is 2.59. The van der Waals surface area contributed by atoms with Crippen LogP contribution in [0.1, 0.15) is 34.2 Å². The number of carbonyl (C=O) groups is 1. The van der Waals surface area contributed by atoms with E-state index in [1.54, 1.807) is 12.3 Å². The maximum atomic E-state index is 12.6. The van der Waals surface area contributed by atoms with Crippen molar-refractivity contribution < 1.29 is 13.9 Å². The summed E-state index contributed by atoms with van der Waals surface area (Å²) in [6, 6.07) is 18.4. The number of benzene rings is 2. The zero-order valence-electron chi connectivity index (χ0n) is 16.9. The Kier molecular flexibility index (Phi) is 5.56. The summed E-state index contributed by atoms with van der Waals surface area (Å²) in [5.41, 5.74) is 4.28. The SMILES string of the molecule is Cc1cccc(OCCNC(=O)c2ccoc2CN2c3ccccc3CC2C)c1. The van der Waals surface area contributed by atoms with Gasteiger partial charge in [-0.1, -0.05) is 30.3 Å². The molecule has 0 spiro atoms. The summed E-state index contributed by atoms with van der Waals surface area (Å²) in [4.78, 5) is 14.9. The highest BCUT2D eigenvalue weighted by molar-refractivity contribution is 5.95. The van der Waals surface area contributed by atoms with Crippen molar-refractivity contribution in [3.63, 3.8) is 0 Å². The number of ether oxygens (including phenoxy) is 1. The molecule has 4 rings (SSSR count). The van der Waals surface area contributed by atoms with Gasteiger partial charge in [0.2, 0.25) is 0 Å². The van der Waals surface area contributed by atoms with Crippen molar-refractivity contribution in [2.45, 2.75) is 32.9 Å². The van der Waals surface area contributed by atoms with E-state index in [1.165, 1.54) is 11.3 Å². The molecule has 1 aliphatic heterocycles. The first-order valence-corrected chi connectivity index (χ1v) is 10.0. The van der Waals surface area contributed by atoms with Gasteiger partial charge in [-0.15, -0.1) is 0 Å². The van der Waals surface area contributed by atoms with Gasteiger partial charge in [-0.2, -0.15) is 0 Å². The lowest BCUT2D eigenvalue weighted by Gasteiger charge is -2.24. The fourth-order valence-electron chi connectivity index (χ4n) is 3.82. The van der Waals surface area contributed by atoms with Crippen molar-refractivity contribution in [1.82, 2.24) is 5.32 Å². The molecule has 0 saturated heterocycles. The quantitative estimate of drug-likeness (QED) is 0.610. The van der Waals surface area contributed by atoms with Crippen LogP contribution in [0.4, 0.5) is 5.69 Å². The third-order valence-electron chi connectivity index (χ3n) is 5.30. The minimum atomic E-state index is -0.137. The maximum absolute atomic E-state index is 12.6. The first-order valence-electron chi connectivity index (χ1n) is 10.0. The molecule has 2 aromatic carbocycles. The Morgan fingerprint density at radius 3 is 2.93 bits per heavy atom. The second-order valence-electron chi connectivity index (χ2n) is 7.49. The molecule has 1 aromatic heterocycles. The molecule has 1 aliphatic rings. The Labute approximate surface area is 171 Å². The fourth-order valence-corrected chi connectivity index (χ4v) is 3.82. The first kappa shape index (κ1) is 19.1. The van der Waals surface area contributed by atoms with Crippen LogP contribution in [-0.4, -0.2) is 25.1 Å². The number of furan rings is 1. The van der Waals surface area contributed by atoms with Crippen LogP contribution in [-0.2, 0) is 13.0 Å². The number of hydrogen-bond donors (Lipinski definition) is 1.